The molecule has 3 heterocycles. The van der Waals surface area contributed by atoms with Crippen LogP contribution in [0.1, 0.15) is 50.2 Å². The zero-order chi connectivity index (χ0) is 30.1. The minimum absolute atomic E-state index is 0.162. The smallest absolute Gasteiger partial charge is 0.338 e. The standard InChI is InChI=1S/C26H21F8N5O2/c1-24(29,25(30,31)23-36-35-12-37(23)2)15-4-3-5-16(8-15)39-11-18-17(22(39)41)6-13(7-19(18)26(32,33)34)21(40)38-9-14(10-38)20(27)28/h3-8,12,14,20H,9-11H2,1-2H3. The van der Waals surface area contributed by atoms with Gasteiger partial charge in [0.2, 0.25) is 17.9 Å². The van der Waals surface area contributed by atoms with Gasteiger partial charge in [-0.15, -0.1) is 10.2 Å². The van der Waals surface area contributed by atoms with Crippen molar-refractivity contribution >= 4 is 17.5 Å². The molecule has 15 heteroatoms. The first-order chi connectivity index (χ1) is 19.0. The Balaban J connectivity index is 1.49. The summed E-state index contributed by atoms with van der Waals surface area (Å²) in [5.74, 6) is -8.17. The highest BCUT2D eigenvalue weighted by Crippen LogP contribution is 2.48. The lowest BCUT2D eigenvalue weighted by molar-refractivity contribution is -0.149. The maximum atomic E-state index is 15.8. The summed E-state index contributed by atoms with van der Waals surface area (Å²) in [7, 11) is 1.20. The Morgan fingerprint density at radius 1 is 1.05 bits per heavy atom. The summed E-state index contributed by atoms with van der Waals surface area (Å²) in [5, 5.41) is 6.64. The van der Waals surface area contributed by atoms with Crippen molar-refractivity contribution in [1.29, 1.82) is 0 Å². The average Bonchev–Trinajstić information content (AvgIpc) is 3.45. The van der Waals surface area contributed by atoms with Gasteiger partial charge in [0.1, 0.15) is 6.33 Å². The maximum absolute atomic E-state index is 15.8. The molecule has 0 bridgehead atoms. The third-order valence-electron chi connectivity index (χ3n) is 7.43. The van der Waals surface area contributed by atoms with Gasteiger partial charge in [0, 0.05) is 37.0 Å². The lowest BCUT2D eigenvalue weighted by Gasteiger charge is -2.38. The summed E-state index contributed by atoms with van der Waals surface area (Å²) >= 11 is 0. The number of hydrogen-bond acceptors (Lipinski definition) is 4. The molecule has 0 radical (unpaired) electrons. The van der Waals surface area contributed by atoms with Gasteiger partial charge in [-0.25, -0.2) is 13.2 Å². The summed E-state index contributed by atoms with van der Waals surface area (Å²) < 4.78 is 115. The molecule has 0 spiro atoms. The van der Waals surface area contributed by atoms with Crippen molar-refractivity contribution in [2.24, 2.45) is 13.0 Å². The highest BCUT2D eigenvalue weighted by Gasteiger charge is 2.57. The molecule has 0 N–H and O–H groups in total. The molecule has 0 saturated carbocycles. The summed E-state index contributed by atoms with van der Waals surface area (Å²) in [4.78, 5) is 27.9. The van der Waals surface area contributed by atoms with E-state index in [0.717, 1.165) is 38.9 Å². The fourth-order valence-corrected chi connectivity index (χ4v) is 4.94. The highest BCUT2D eigenvalue weighted by atomic mass is 19.4. The zero-order valence-electron chi connectivity index (χ0n) is 21.4. The number of alkyl halides is 8. The normalized spacial score (nSPS) is 17.6. The number of carbonyl (C=O) groups excluding carboxylic acids is 2. The lowest BCUT2D eigenvalue weighted by Crippen LogP contribution is -2.52. The molecule has 1 aromatic heterocycles. The van der Waals surface area contributed by atoms with Gasteiger partial charge in [-0.05, 0) is 42.3 Å². The molecule has 5 rings (SSSR count). The number of nitrogens with zero attached hydrogens (tertiary/aromatic N) is 5. The van der Waals surface area contributed by atoms with Gasteiger partial charge >= 0.3 is 12.1 Å². The van der Waals surface area contributed by atoms with E-state index in [0.29, 0.717) is 13.0 Å². The van der Waals surface area contributed by atoms with E-state index < -0.39 is 82.1 Å². The molecular formula is C26H21F8N5O2. The number of amides is 2. The maximum Gasteiger partial charge on any atom is 0.416 e. The Labute approximate surface area is 227 Å². The monoisotopic (exact) mass is 587 g/mol. The topological polar surface area (TPSA) is 71.3 Å². The number of halogens is 8. The second kappa shape index (κ2) is 9.52. The van der Waals surface area contributed by atoms with Gasteiger partial charge in [0.05, 0.1) is 18.0 Å². The molecule has 1 atom stereocenters. The Kier molecular flexibility index (Phi) is 6.61. The van der Waals surface area contributed by atoms with Crippen molar-refractivity contribution in [2.45, 2.75) is 37.7 Å². The lowest BCUT2D eigenvalue weighted by atomic mass is 9.90. The van der Waals surface area contributed by atoms with E-state index in [2.05, 4.69) is 10.2 Å². The first-order valence-corrected chi connectivity index (χ1v) is 12.2. The van der Waals surface area contributed by atoms with E-state index >= 15 is 13.2 Å². The van der Waals surface area contributed by atoms with Crippen LogP contribution in [0, 0.1) is 5.92 Å². The van der Waals surface area contributed by atoms with Crippen LogP contribution in [-0.4, -0.2) is 51.0 Å². The third kappa shape index (κ3) is 4.60. The van der Waals surface area contributed by atoms with E-state index in [-0.39, 0.29) is 18.8 Å². The summed E-state index contributed by atoms with van der Waals surface area (Å²) in [5.41, 5.74) is -6.83. The quantitative estimate of drug-likeness (QED) is 0.367. The minimum atomic E-state index is -4.99. The number of aromatic nitrogens is 3. The predicted octanol–water partition coefficient (Wildman–Crippen LogP) is 5.31. The number of rotatable bonds is 6. The molecule has 1 unspecified atom stereocenters. The molecule has 218 valence electrons. The Morgan fingerprint density at radius 3 is 2.32 bits per heavy atom. The van der Waals surface area contributed by atoms with Gasteiger partial charge in [0.25, 0.3) is 11.8 Å². The highest BCUT2D eigenvalue weighted by molar-refractivity contribution is 6.11. The van der Waals surface area contributed by atoms with Crippen LogP contribution in [0.3, 0.4) is 0 Å². The van der Waals surface area contributed by atoms with Crippen LogP contribution in [0.4, 0.5) is 40.8 Å². The van der Waals surface area contributed by atoms with Crippen LogP contribution >= 0.6 is 0 Å². The van der Waals surface area contributed by atoms with Gasteiger partial charge in [-0.3, -0.25) is 9.59 Å². The number of carbonyl (C=O) groups is 2. The van der Waals surface area contributed by atoms with Crippen molar-refractivity contribution in [1.82, 2.24) is 19.7 Å². The molecule has 7 nitrogen and oxygen atoms in total. The van der Waals surface area contributed by atoms with E-state index in [1.54, 1.807) is 0 Å². The van der Waals surface area contributed by atoms with Crippen LogP contribution in [-0.2, 0) is 31.4 Å². The summed E-state index contributed by atoms with van der Waals surface area (Å²) in [6.07, 6.45) is -6.72. The van der Waals surface area contributed by atoms with Gasteiger partial charge in [-0.2, -0.15) is 22.0 Å². The second-order valence-electron chi connectivity index (χ2n) is 10.1. The third-order valence-corrected chi connectivity index (χ3v) is 7.43. The van der Waals surface area contributed by atoms with Gasteiger partial charge in [-0.1, -0.05) is 12.1 Å². The Morgan fingerprint density at radius 2 is 1.73 bits per heavy atom. The second-order valence-corrected chi connectivity index (χ2v) is 10.1. The molecule has 1 fully saturated rings. The largest absolute Gasteiger partial charge is 0.416 e. The Hall–Kier alpha value is -4.04. The molecule has 41 heavy (non-hydrogen) atoms. The zero-order valence-corrected chi connectivity index (χ0v) is 21.4. The SMILES string of the molecule is Cn1cnnc1C(F)(F)C(C)(F)c1cccc(N2Cc3c(cc(C(=O)N4CC(C(F)F)C4)cc3C(F)(F)F)C2=O)c1. The van der Waals surface area contributed by atoms with Crippen LogP contribution in [0.2, 0.25) is 0 Å². The van der Waals surface area contributed by atoms with Crippen molar-refractivity contribution < 1.29 is 44.7 Å². The number of hydrogen-bond donors (Lipinski definition) is 0. The molecular weight excluding hydrogens is 566 g/mol. The Bertz CT molecular complexity index is 1530. The number of fused-ring (bicyclic) bond motifs is 1. The predicted molar refractivity (Wildman–Crippen MR) is 127 cm³/mol. The molecule has 1 saturated heterocycles. The van der Waals surface area contributed by atoms with Crippen LogP contribution < -0.4 is 4.90 Å². The summed E-state index contributed by atoms with van der Waals surface area (Å²) in [6.45, 7) is -0.721. The summed E-state index contributed by atoms with van der Waals surface area (Å²) in [6, 6.07) is 5.90. The molecule has 2 aliphatic rings. The molecule has 3 aromatic rings. The van der Waals surface area contributed by atoms with E-state index in [4.69, 9.17) is 0 Å². The number of aryl methyl sites for hydroxylation is 1. The van der Waals surface area contributed by atoms with E-state index in [9.17, 15) is 31.5 Å². The molecule has 2 amide bonds. The van der Waals surface area contributed by atoms with E-state index in [1.807, 2.05) is 0 Å². The van der Waals surface area contributed by atoms with Crippen molar-refractivity contribution in [3.05, 3.63) is 76.4 Å². The van der Waals surface area contributed by atoms with Crippen LogP contribution in [0.15, 0.2) is 42.7 Å². The number of anilines is 1. The van der Waals surface area contributed by atoms with Gasteiger partial charge in [0.15, 0.2) is 0 Å². The van der Waals surface area contributed by atoms with Crippen molar-refractivity contribution in [3.8, 4) is 0 Å². The van der Waals surface area contributed by atoms with Crippen molar-refractivity contribution in [3.63, 3.8) is 0 Å². The molecule has 2 aliphatic heterocycles. The van der Waals surface area contributed by atoms with Crippen molar-refractivity contribution in [2.75, 3.05) is 18.0 Å². The first kappa shape index (κ1) is 28.5. The average molecular weight is 587 g/mol. The van der Waals surface area contributed by atoms with E-state index in [1.165, 1.54) is 19.2 Å². The molecule has 0 aliphatic carbocycles. The number of likely N-dealkylation sites (tertiary alicyclic amines) is 1. The first-order valence-electron chi connectivity index (χ1n) is 12.2. The van der Waals surface area contributed by atoms with Crippen LogP contribution in [0.5, 0.6) is 0 Å². The van der Waals surface area contributed by atoms with Gasteiger partial charge < -0.3 is 14.4 Å². The fourth-order valence-electron chi connectivity index (χ4n) is 4.94. The van der Waals surface area contributed by atoms with Crippen LogP contribution in [0.25, 0.3) is 0 Å². The fraction of sp³-hybridized carbons (Fsp3) is 0.385. The number of benzene rings is 2. The minimum Gasteiger partial charge on any atom is -0.338 e. The molecule has 2 aromatic carbocycles.